The predicted molar refractivity (Wildman–Crippen MR) is 58.7 cm³/mol. The zero-order valence-corrected chi connectivity index (χ0v) is 9.94. The van der Waals surface area contributed by atoms with Gasteiger partial charge >= 0.3 is 5.97 Å². The van der Waals surface area contributed by atoms with Crippen molar-refractivity contribution in [3.63, 3.8) is 0 Å². The maximum Gasteiger partial charge on any atom is 0.372 e. The Bertz CT molecular complexity index is 441. The molecule has 5 nitrogen and oxygen atoms in total. The number of phenolic OH excluding ortho intramolecular Hbond substituents is 1. The number of hydrogen-bond acceptors (Lipinski definition) is 4. The molecule has 0 bridgehead atoms. The Morgan fingerprint density at radius 2 is 2.06 bits per heavy atom. The summed E-state index contributed by atoms with van der Waals surface area (Å²) in [5, 5.41) is 18.1. The largest absolute Gasteiger partial charge is 0.504 e. The second-order valence-electron chi connectivity index (χ2n) is 3.02. The summed E-state index contributed by atoms with van der Waals surface area (Å²) in [4.78, 5) is 21.4. The number of halogens is 1. The molecule has 0 radical (unpaired) electrons. The Kier molecular flexibility index (Phi) is 3.89. The Morgan fingerprint density at radius 3 is 2.56 bits per heavy atom. The van der Waals surface area contributed by atoms with Crippen LogP contribution < -0.4 is 4.74 Å². The Hall–Kier alpha value is -1.56. The quantitative estimate of drug-likeness (QED) is 0.818. The van der Waals surface area contributed by atoms with E-state index in [-0.39, 0.29) is 23.5 Å². The maximum atomic E-state index is 11.0. The number of aromatic hydroxyl groups is 1. The molecule has 0 saturated heterocycles. The normalized spacial score (nSPS) is 9.88. The fraction of sp³-hybridized carbons (Fsp3) is 0.200. The molecule has 0 amide bonds. The SMILES string of the molecule is COc1cc(Br)cc(CC(=O)C(=O)O)c1O. The molecule has 1 aromatic rings. The lowest BCUT2D eigenvalue weighted by Gasteiger charge is -2.08. The van der Waals surface area contributed by atoms with Crippen molar-refractivity contribution in [1.29, 1.82) is 0 Å². The number of aliphatic carboxylic acids is 1. The van der Waals surface area contributed by atoms with Gasteiger partial charge in [0.15, 0.2) is 11.5 Å². The van der Waals surface area contributed by atoms with Crippen LogP contribution in [0.2, 0.25) is 0 Å². The molecular formula is C10H9BrO5. The molecule has 0 atom stereocenters. The van der Waals surface area contributed by atoms with Crippen LogP contribution in [0.1, 0.15) is 5.56 Å². The Labute approximate surface area is 99.8 Å². The fourth-order valence-corrected chi connectivity index (χ4v) is 1.65. The van der Waals surface area contributed by atoms with Crippen molar-refractivity contribution >= 4 is 27.7 Å². The van der Waals surface area contributed by atoms with E-state index in [2.05, 4.69) is 15.9 Å². The summed E-state index contributed by atoms with van der Waals surface area (Å²) in [6.45, 7) is 0. The number of ketones is 1. The van der Waals surface area contributed by atoms with Crippen molar-refractivity contribution < 1.29 is 24.5 Å². The average molecular weight is 289 g/mol. The van der Waals surface area contributed by atoms with Gasteiger partial charge < -0.3 is 14.9 Å². The van der Waals surface area contributed by atoms with Gasteiger partial charge in [-0.25, -0.2) is 4.79 Å². The summed E-state index contributed by atoms with van der Waals surface area (Å²) in [7, 11) is 1.37. The number of carbonyl (C=O) groups is 2. The highest BCUT2D eigenvalue weighted by molar-refractivity contribution is 9.10. The zero-order chi connectivity index (χ0) is 12.3. The number of Topliss-reactive ketones (excluding diaryl/α,β-unsaturated/α-hetero) is 1. The first kappa shape index (κ1) is 12.5. The molecule has 0 unspecified atom stereocenters. The molecule has 16 heavy (non-hydrogen) atoms. The van der Waals surface area contributed by atoms with Crippen LogP contribution in [-0.4, -0.2) is 29.1 Å². The lowest BCUT2D eigenvalue weighted by atomic mass is 10.1. The number of rotatable bonds is 4. The summed E-state index contributed by atoms with van der Waals surface area (Å²) in [5.74, 6) is -2.56. The highest BCUT2D eigenvalue weighted by atomic mass is 79.9. The van der Waals surface area contributed by atoms with Crippen LogP contribution in [-0.2, 0) is 16.0 Å². The molecule has 6 heteroatoms. The van der Waals surface area contributed by atoms with E-state index in [1.54, 1.807) is 0 Å². The Morgan fingerprint density at radius 1 is 1.44 bits per heavy atom. The summed E-state index contributed by atoms with van der Waals surface area (Å²) >= 11 is 3.17. The lowest BCUT2D eigenvalue weighted by molar-refractivity contribution is -0.148. The molecule has 0 heterocycles. The van der Waals surface area contributed by atoms with E-state index in [0.717, 1.165) is 0 Å². The molecule has 0 saturated carbocycles. The minimum absolute atomic E-state index is 0.183. The van der Waals surface area contributed by atoms with Gasteiger partial charge in [0.1, 0.15) is 0 Å². The summed E-state index contributed by atoms with van der Waals surface area (Å²) < 4.78 is 5.46. The molecule has 2 N–H and O–H groups in total. The second-order valence-corrected chi connectivity index (χ2v) is 3.94. The minimum atomic E-state index is -1.53. The van der Waals surface area contributed by atoms with Gasteiger partial charge in [-0.3, -0.25) is 4.79 Å². The van der Waals surface area contributed by atoms with Crippen molar-refractivity contribution in [2.45, 2.75) is 6.42 Å². The van der Waals surface area contributed by atoms with Crippen LogP contribution in [0.4, 0.5) is 0 Å². The molecule has 0 aliphatic heterocycles. The maximum absolute atomic E-state index is 11.0. The molecule has 86 valence electrons. The van der Waals surface area contributed by atoms with Gasteiger partial charge in [-0.05, 0) is 12.1 Å². The lowest BCUT2D eigenvalue weighted by Crippen LogP contribution is -2.15. The van der Waals surface area contributed by atoms with Crippen molar-refractivity contribution in [3.05, 3.63) is 22.2 Å². The van der Waals surface area contributed by atoms with Crippen LogP contribution >= 0.6 is 15.9 Å². The van der Waals surface area contributed by atoms with Gasteiger partial charge in [-0.1, -0.05) is 15.9 Å². The highest BCUT2D eigenvalue weighted by Gasteiger charge is 2.17. The van der Waals surface area contributed by atoms with Gasteiger partial charge in [0.2, 0.25) is 5.78 Å². The number of methoxy groups -OCH3 is 1. The summed E-state index contributed by atoms with van der Waals surface area (Å²) in [5.41, 5.74) is 0.207. The van der Waals surface area contributed by atoms with Crippen molar-refractivity contribution in [2.75, 3.05) is 7.11 Å². The van der Waals surface area contributed by atoms with Crippen molar-refractivity contribution in [1.82, 2.24) is 0 Å². The van der Waals surface area contributed by atoms with Crippen LogP contribution in [0.25, 0.3) is 0 Å². The van der Waals surface area contributed by atoms with Gasteiger partial charge in [-0.2, -0.15) is 0 Å². The van der Waals surface area contributed by atoms with E-state index >= 15 is 0 Å². The van der Waals surface area contributed by atoms with Crippen LogP contribution in [0.5, 0.6) is 11.5 Å². The first-order valence-electron chi connectivity index (χ1n) is 4.27. The number of phenols is 1. The van der Waals surface area contributed by atoms with E-state index in [9.17, 15) is 14.7 Å². The first-order valence-corrected chi connectivity index (χ1v) is 5.06. The van der Waals surface area contributed by atoms with E-state index in [1.807, 2.05) is 0 Å². The third-order valence-corrected chi connectivity index (χ3v) is 2.39. The second kappa shape index (κ2) is 4.98. The summed E-state index contributed by atoms with van der Waals surface area (Å²) in [6.07, 6.45) is -0.378. The monoisotopic (exact) mass is 288 g/mol. The summed E-state index contributed by atoms with van der Waals surface area (Å²) in [6, 6.07) is 2.99. The number of benzene rings is 1. The topological polar surface area (TPSA) is 83.8 Å². The van der Waals surface area contributed by atoms with Crippen molar-refractivity contribution in [2.24, 2.45) is 0 Å². The molecule has 0 aliphatic carbocycles. The van der Waals surface area contributed by atoms with E-state index < -0.39 is 11.8 Å². The van der Waals surface area contributed by atoms with Gasteiger partial charge in [0, 0.05) is 16.5 Å². The molecule has 0 spiro atoms. The number of carboxylic acids is 1. The zero-order valence-electron chi connectivity index (χ0n) is 8.36. The minimum Gasteiger partial charge on any atom is -0.504 e. The molecule has 0 aliphatic rings. The Balaban J connectivity index is 3.09. The molecular weight excluding hydrogens is 280 g/mol. The third-order valence-electron chi connectivity index (χ3n) is 1.93. The van der Waals surface area contributed by atoms with Gasteiger partial charge in [0.05, 0.1) is 7.11 Å². The third kappa shape index (κ3) is 2.73. The number of carbonyl (C=O) groups excluding carboxylic acids is 1. The van der Waals surface area contributed by atoms with E-state index in [4.69, 9.17) is 9.84 Å². The highest BCUT2D eigenvalue weighted by Crippen LogP contribution is 2.33. The van der Waals surface area contributed by atoms with E-state index in [0.29, 0.717) is 4.47 Å². The first-order chi connectivity index (χ1) is 7.45. The number of hydrogen-bond donors (Lipinski definition) is 2. The van der Waals surface area contributed by atoms with Crippen molar-refractivity contribution in [3.8, 4) is 11.5 Å². The van der Waals surface area contributed by atoms with E-state index in [1.165, 1.54) is 19.2 Å². The standard InChI is InChI=1S/C10H9BrO5/c1-16-8-4-6(11)2-5(9(8)13)3-7(12)10(14)15/h2,4,13H,3H2,1H3,(H,14,15). The fourth-order valence-electron chi connectivity index (χ4n) is 1.17. The molecule has 1 rings (SSSR count). The number of ether oxygens (including phenoxy) is 1. The van der Waals surface area contributed by atoms with Gasteiger partial charge in [0.25, 0.3) is 0 Å². The van der Waals surface area contributed by atoms with Crippen LogP contribution in [0.15, 0.2) is 16.6 Å². The number of carboxylic acid groups (broad SMARTS) is 1. The average Bonchev–Trinajstić information content (AvgIpc) is 2.22. The molecule has 1 aromatic carbocycles. The van der Waals surface area contributed by atoms with Gasteiger partial charge in [-0.15, -0.1) is 0 Å². The smallest absolute Gasteiger partial charge is 0.372 e. The molecule has 0 fully saturated rings. The van der Waals surface area contributed by atoms with Crippen LogP contribution in [0.3, 0.4) is 0 Å². The predicted octanol–water partition coefficient (Wildman–Crippen LogP) is 1.36. The molecule has 0 aromatic heterocycles. The van der Waals surface area contributed by atoms with Crippen LogP contribution in [0, 0.1) is 0 Å².